The van der Waals surface area contributed by atoms with E-state index >= 15 is 0 Å². The molecule has 5 heterocycles. The standard InChI is InChI=1S/C22H21FN4O.ClH/c23-14-1-3-15(4-2-14)27-20-11-24-10-17-21(20)19(25-27)9-16(22(17)28)18-12-26-7-5-13(18)6-8-26;/h1-4,10-11,13,16,18H,5-9,12H2;1H/t16-,18?;/m0./s1. The van der Waals surface area contributed by atoms with Gasteiger partial charge in [-0.1, -0.05) is 0 Å². The van der Waals surface area contributed by atoms with Gasteiger partial charge in [-0.05, 0) is 62.0 Å². The Labute approximate surface area is 174 Å². The number of rotatable bonds is 2. The minimum absolute atomic E-state index is 0. The van der Waals surface area contributed by atoms with Gasteiger partial charge in [0.1, 0.15) is 5.82 Å². The van der Waals surface area contributed by atoms with Gasteiger partial charge in [0.2, 0.25) is 0 Å². The summed E-state index contributed by atoms with van der Waals surface area (Å²) in [6, 6.07) is 6.28. The van der Waals surface area contributed by atoms with E-state index in [1.807, 2.05) is 0 Å². The van der Waals surface area contributed by atoms with E-state index in [2.05, 4.69) is 9.88 Å². The molecule has 29 heavy (non-hydrogen) atoms. The second kappa shape index (κ2) is 6.89. The van der Waals surface area contributed by atoms with Crippen molar-refractivity contribution in [3.05, 3.63) is 53.7 Å². The lowest BCUT2D eigenvalue weighted by molar-refractivity contribution is 0.0192. The number of piperidine rings is 3. The van der Waals surface area contributed by atoms with Crippen LogP contribution >= 0.6 is 12.4 Å². The van der Waals surface area contributed by atoms with Crippen LogP contribution in [-0.4, -0.2) is 45.1 Å². The monoisotopic (exact) mass is 412 g/mol. The fraction of sp³-hybridized carbons (Fsp3) is 0.409. The van der Waals surface area contributed by atoms with Crippen molar-refractivity contribution in [2.45, 2.75) is 19.3 Å². The van der Waals surface area contributed by atoms with Crippen LogP contribution in [-0.2, 0) is 6.42 Å². The number of Topliss-reactive ketones (excluding diaryl/α,β-unsaturated/α-hetero) is 1. The lowest BCUT2D eigenvalue weighted by Gasteiger charge is -2.47. The van der Waals surface area contributed by atoms with Crippen LogP contribution in [0.25, 0.3) is 16.6 Å². The van der Waals surface area contributed by atoms with Crippen molar-refractivity contribution in [1.29, 1.82) is 0 Å². The van der Waals surface area contributed by atoms with E-state index in [1.54, 1.807) is 29.2 Å². The van der Waals surface area contributed by atoms with Gasteiger partial charge >= 0.3 is 0 Å². The average Bonchev–Trinajstić information content (AvgIpc) is 3.11. The number of ketones is 1. The Morgan fingerprint density at radius 2 is 1.83 bits per heavy atom. The van der Waals surface area contributed by atoms with Gasteiger partial charge in [-0.25, -0.2) is 9.07 Å². The summed E-state index contributed by atoms with van der Waals surface area (Å²) < 4.78 is 15.2. The Kier molecular flexibility index (Phi) is 4.44. The van der Waals surface area contributed by atoms with Crippen molar-refractivity contribution >= 4 is 29.1 Å². The maximum absolute atomic E-state index is 13.4. The molecule has 2 atom stereocenters. The predicted molar refractivity (Wildman–Crippen MR) is 110 cm³/mol. The number of carbonyl (C=O) groups excluding carboxylic acids is 1. The average molecular weight is 413 g/mol. The number of aromatic nitrogens is 3. The number of hydrogen-bond acceptors (Lipinski definition) is 4. The predicted octanol–water partition coefficient (Wildman–Crippen LogP) is 3.68. The van der Waals surface area contributed by atoms with Crippen LogP contribution in [0.15, 0.2) is 36.7 Å². The van der Waals surface area contributed by atoms with Gasteiger partial charge < -0.3 is 4.90 Å². The summed E-state index contributed by atoms with van der Waals surface area (Å²) >= 11 is 0. The highest BCUT2D eigenvalue weighted by atomic mass is 35.5. The highest BCUT2D eigenvalue weighted by Crippen LogP contribution is 2.42. The fourth-order valence-electron chi connectivity index (χ4n) is 5.56. The maximum Gasteiger partial charge on any atom is 0.168 e. The highest BCUT2D eigenvalue weighted by molar-refractivity contribution is 6.11. The van der Waals surface area contributed by atoms with Crippen molar-refractivity contribution in [2.24, 2.45) is 17.8 Å². The van der Waals surface area contributed by atoms with Crippen molar-refractivity contribution < 1.29 is 9.18 Å². The normalized spacial score (nSPS) is 27.8. The number of pyridine rings is 1. The second-order valence-electron chi connectivity index (χ2n) is 8.39. The SMILES string of the molecule is Cl.O=C1c2cncc3c2c(nn3-c2ccc(F)cc2)C[C@H]1C1CN2CCC1CC2. The molecular weight excluding hydrogens is 391 g/mol. The van der Waals surface area contributed by atoms with Crippen molar-refractivity contribution in [2.75, 3.05) is 19.6 Å². The highest BCUT2D eigenvalue weighted by Gasteiger charge is 2.44. The summed E-state index contributed by atoms with van der Waals surface area (Å²) in [5.74, 6) is 0.995. The Hall–Kier alpha value is -2.31. The Morgan fingerprint density at radius 3 is 2.52 bits per heavy atom. The van der Waals surface area contributed by atoms with E-state index in [9.17, 15) is 9.18 Å². The molecule has 3 aromatic rings. The van der Waals surface area contributed by atoms with E-state index in [-0.39, 0.29) is 29.9 Å². The first-order valence-electron chi connectivity index (χ1n) is 10.1. The molecule has 5 nitrogen and oxygen atoms in total. The fourth-order valence-corrected chi connectivity index (χ4v) is 5.56. The van der Waals surface area contributed by atoms with Crippen molar-refractivity contribution in [1.82, 2.24) is 19.7 Å². The summed E-state index contributed by atoms with van der Waals surface area (Å²) in [7, 11) is 0. The van der Waals surface area contributed by atoms with E-state index < -0.39 is 0 Å². The third-order valence-corrected chi connectivity index (χ3v) is 6.97. The van der Waals surface area contributed by atoms with Crippen LogP contribution in [0.4, 0.5) is 4.39 Å². The molecular formula is C22H22ClFN4O. The van der Waals surface area contributed by atoms with Crippen LogP contribution < -0.4 is 0 Å². The van der Waals surface area contributed by atoms with Gasteiger partial charge in [-0.3, -0.25) is 9.78 Å². The van der Waals surface area contributed by atoms with Gasteiger partial charge in [-0.2, -0.15) is 5.10 Å². The van der Waals surface area contributed by atoms with E-state index in [0.717, 1.165) is 28.8 Å². The molecule has 0 amide bonds. The first-order chi connectivity index (χ1) is 13.7. The molecule has 7 rings (SSSR count). The van der Waals surface area contributed by atoms with Crippen LogP contribution in [0, 0.1) is 23.6 Å². The first kappa shape index (κ1) is 18.7. The van der Waals surface area contributed by atoms with E-state index in [0.29, 0.717) is 23.8 Å². The van der Waals surface area contributed by atoms with E-state index in [1.165, 1.54) is 38.1 Å². The maximum atomic E-state index is 13.4. The molecule has 0 spiro atoms. The molecule has 150 valence electrons. The minimum Gasteiger partial charge on any atom is -0.303 e. The Bertz CT molecular complexity index is 1090. The molecule has 1 aromatic carbocycles. The number of benzene rings is 1. The number of hydrogen-bond donors (Lipinski definition) is 0. The largest absolute Gasteiger partial charge is 0.303 e. The topological polar surface area (TPSA) is 51.0 Å². The number of halogens is 2. The summed E-state index contributed by atoms with van der Waals surface area (Å²) in [6.45, 7) is 3.37. The molecule has 3 saturated heterocycles. The molecule has 2 aromatic heterocycles. The summed E-state index contributed by atoms with van der Waals surface area (Å²) in [5.41, 5.74) is 3.27. The quantitative estimate of drug-likeness (QED) is 0.644. The zero-order valence-electron chi connectivity index (χ0n) is 15.9. The number of nitrogens with zero attached hydrogens (tertiary/aromatic N) is 4. The van der Waals surface area contributed by atoms with Gasteiger partial charge in [0, 0.05) is 36.0 Å². The Morgan fingerprint density at radius 1 is 1.07 bits per heavy atom. The third kappa shape index (κ3) is 2.81. The molecule has 1 aliphatic carbocycles. The van der Waals surface area contributed by atoms with Crippen LogP contribution in [0.5, 0.6) is 0 Å². The second-order valence-corrected chi connectivity index (χ2v) is 8.39. The molecule has 4 aliphatic rings. The smallest absolute Gasteiger partial charge is 0.168 e. The zero-order chi connectivity index (χ0) is 18.8. The van der Waals surface area contributed by atoms with Gasteiger partial charge in [0.05, 0.1) is 23.1 Å². The molecule has 3 fully saturated rings. The molecule has 0 radical (unpaired) electrons. The van der Waals surface area contributed by atoms with Gasteiger partial charge in [-0.15, -0.1) is 12.4 Å². The number of carbonyl (C=O) groups is 1. The molecule has 7 heteroatoms. The zero-order valence-corrected chi connectivity index (χ0v) is 16.7. The summed E-state index contributed by atoms with van der Waals surface area (Å²) in [4.78, 5) is 20.3. The number of fused-ring (bicyclic) bond motifs is 3. The van der Waals surface area contributed by atoms with Crippen LogP contribution in [0.1, 0.15) is 28.9 Å². The molecule has 2 bridgehead atoms. The van der Waals surface area contributed by atoms with Gasteiger partial charge in [0.15, 0.2) is 5.78 Å². The summed E-state index contributed by atoms with van der Waals surface area (Å²) in [5, 5.41) is 5.77. The lowest BCUT2D eigenvalue weighted by Crippen LogP contribution is -2.51. The summed E-state index contributed by atoms with van der Waals surface area (Å²) in [6.07, 6.45) is 6.55. The van der Waals surface area contributed by atoms with E-state index in [4.69, 9.17) is 5.10 Å². The minimum atomic E-state index is -0.277. The molecule has 3 aliphatic heterocycles. The van der Waals surface area contributed by atoms with Crippen LogP contribution in [0.2, 0.25) is 0 Å². The lowest BCUT2D eigenvalue weighted by atomic mass is 9.67. The first-order valence-corrected chi connectivity index (χ1v) is 10.1. The van der Waals surface area contributed by atoms with Crippen LogP contribution in [0.3, 0.4) is 0 Å². The molecule has 0 saturated carbocycles. The van der Waals surface area contributed by atoms with Crippen molar-refractivity contribution in [3.8, 4) is 5.69 Å². The Balaban J connectivity index is 0.00000181. The van der Waals surface area contributed by atoms with Crippen molar-refractivity contribution in [3.63, 3.8) is 0 Å². The van der Waals surface area contributed by atoms with Gasteiger partial charge in [0.25, 0.3) is 0 Å². The molecule has 0 N–H and O–H groups in total. The molecule has 1 unspecified atom stereocenters. The third-order valence-electron chi connectivity index (χ3n) is 6.97.